The van der Waals surface area contributed by atoms with Gasteiger partial charge in [0.25, 0.3) is 0 Å². The molecule has 0 amide bonds. The maximum absolute atomic E-state index is 10.4. The topological polar surface area (TPSA) is 54.6 Å². The SMILES string of the molecule is Cc1cccn2cc(CCC(=O)O)nc12. The van der Waals surface area contributed by atoms with Crippen LogP contribution in [0.1, 0.15) is 17.7 Å². The van der Waals surface area contributed by atoms with Crippen LogP contribution in [0.5, 0.6) is 0 Å². The van der Waals surface area contributed by atoms with Crippen molar-refractivity contribution in [3.8, 4) is 0 Å². The van der Waals surface area contributed by atoms with E-state index in [2.05, 4.69) is 4.98 Å². The van der Waals surface area contributed by atoms with Crippen molar-refractivity contribution in [2.75, 3.05) is 0 Å². The van der Waals surface area contributed by atoms with Crippen LogP contribution in [0.2, 0.25) is 0 Å². The second kappa shape index (κ2) is 3.73. The van der Waals surface area contributed by atoms with Gasteiger partial charge in [-0.1, -0.05) is 6.07 Å². The summed E-state index contributed by atoms with van der Waals surface area (Å²) in [5.41, 5.74) is 2.82. The number of pyridine rings is 1. The largest absolute Gasteiger partial charge is 0.481 e. The molecule has 0 aliphatic rings. The predicted molar refractivity (Wildman–Crippen MR) is 55.9 cm³/mol. The Morgan fingerprint density at radius 1 is 1.60 bits per heavy atom. The summed E-state index contributed by atoms with van der Waals surface area (Å²) in [7, 11) is 0. The Kier molecular flexibility index (Phi) is 2.41. The summed E-state index contributed by atoms with van der Waals surface area (Å²) in [6.45, 7) is 1.99. The molecule has 0 saturated heterocycles. The number of rotatable bonds is 3. The lowest BCUT2D eigenvalue weighted by molar-refractivity contribution is -0.136. The van der Waals surface area contributed by atoms with Gasteiger partial charge in [0.15, 0.2) is 0 Å². The molecule has 0 atom stereocenters. The fourth-order valence-electron chi connectivity index (χ4n) is 1.56. The number of aromatic nitrogens is 2. The van der Waals surface area contributed by atoms with Crippen molar-refractivity contribution in [3.63, 3.8) is 0 Å². The first-order chi connectivity index (χ1) is 7.16. The van der Waals surface area contributed by atoms with Gasteiger partial charge in [-0.3, -0.25) is 4.79 Å². The molecule has 0 unspecified atom stereocenters. The van der Waals surface area contributed by atoms with Crippen LogP contribution < -0.4 is 0 Å². The molecule has 15 heavy (non-hydrogen) atoms. The third kappa shape index (κ3) is 1.98. The third-order valence-electron chi connectivity index (χ3n) is 2.32. The van der Waals surface area contributed by atoms with Gasteiger partial charge in [0.05, 0.1) is 12.1 Å². The highest BCUT2D eigenvalue weighted by Crippen LogP contribution is 2.10. The van der Waals surface area contributed by atoms with E-state index < -0.39 is 5.97 Å². The molecule has 0 aliphatic heterocycles. The molecular formula is C11H12N2O2. The maximum atomic E-state index is 10.4. The molecule has 1 N–H and O–H groups in total. The van der Waals surface area contributed by atoms with Gasteiger partial charge in [-0.05, 0) is 18.6 Å². The van der Waals surface area contributed by atoms with Crippen LogP contribution >= 0.6 is 0 Å². The van der Waals surface area contributed by atoms with E-state index in [0.29, 0.717) is 6.42 Å². The molecule has 2 aromatic heterocycles. The van der Waals surface area contributed by atoms with Gasteiger partial charge in [0.2, 0.25) is 0 Å². The first kappa shape index (κ1) is 9.71. The molecule has 0 radical (unpaired) electrons. The van der Waals surface area contributed by atoms with Gasteiger partial charge in [-0.15, -0.1) is 0 Å². The number of nitrogens with zero attached hydrogens (tertiary/aromatic N) is 2. The van der Waals surface area contributed by atoms with E-state index in [1.54, 1.807) is 0 Å². The molecule has 0 spiro atoms. The Morgan fingerprint density at radius 2 is 2.40 bits per heavy atom. The van der Waals surface area contributed by atoms with Crippen molar-refractivity contribution in [1.29, 1.82) is 0 Å². The minimum Gasteiger partial charge on any atom is -0.481 e. The number of carboxylic acid groups (broad SMARTS) is 1. The number of aliphatic carboxylic acids is 1. The molecule has 0 aliphatic carbocycles. The minimum atomic E-state index is -0.788. The Bertz CT molecular complexity index is 502. The number of carboxylic acids is 1. The van der Waals surface area contributed by atoms with Crippen molar-refractivity contribution < 1.29 is 9.90 Å². The van der Waals surface area contributed by atoms with Crippen LogP contribution in [-0.4, -0.2) is 20.5 Å². The lowest BCUT2D eigenvalue weighted by atomic mass is 10.2. The molecule has 4 nitrogen and oxygen atoms in total. The average Bonchev–Trinajstić information content (AvgIpc) is 2.59. The van der Waals surface area contributed by atoms with Crippen molar-refractivity contribution in [1.82, 2.24) is 9.38 Å². The molecule has 2 aromatic rings. The van der Waals surface area contributed by atoms with Crippen LogP contribution in [0.15, 0.2) is 24.5 Å². The fraction of sp³-hybridized carbons (Fsp3) is 0.273. The van der Waals surface area contributed by atoms with Crippen molar-refractivity contribution >= 4 is 11.6 Å². The molecule has 0 aromatic carbocycles. The van der Waals surface area contributed by atoms with Gasteiger partial charge in [-0.25, -0.2) is 4.98 Å². The Labute approximate surface area is 87.2 Å². The fourth-order valence-corrected chi connectivity index (χ4v) is 1.56. The Morgan fingerprint density at radius 3 is 3.07 bits per heavy atom. The van der Waals surface area contributed by atoms with Crippen LogP contribution in [0, 0.1) is 6.92 Å². The molecule has 78 valence electrons. The molecule has 2 rings (SSSR count). The average molecular weight is 204 g/mol. The van der Waals surface area contributed by atoms with E-state index in [-0.39, 0.29) is 6.42 Å². The second-order valence-corrected chi connectivity index (χ2v) is 3.55. The van der Waals surface area contributed by atoms with E-state index in [9.17, 15) is 4.79 Å². The number of hydrogen-bond donors (Lipinski definition) is 1. The third-order valence-corrected chi connectivity index (χ3v) is 2.32. The van der Waals surface area contributed by atoms with Crippen molar-refractivity contribution in [2.24, 2.45) is 0 Å². The van der Waals surface area contributed by atoms with E-state index >= 15 is 0 Å². The number of aryl methyl sites for hydroxylation is 2. The van der Waals surface area contributed by atoms with Crippen molar-refractivity contribution in [2.45, 2.75) is 19.8 Å². The first-order valence-electron chi connectivity index (χ1n) is 4.82. The quantitative estimate of drug-likeness (QED) is 0.827. The molecular weight excluding hydrogens is 192 g/mol. The summed E-state index contributed by atoms with van der Waals surface area (Å²) in [5, 5.41) is 8.57. The van der Waals surface area contributed by atoms with E-state index in [0.717, 1.165) is 16.9 Å². The molecule has 0 saturated carbocycles. The molecule has 4 heteroatoms. The van der Waals surface area contributed by atoms with Gasteiger partial charge in [0, 0.05) is 18.8 Å². The highest BCUT2D eigenvalue weighted by molar-refractivity contribution is 5.67. The highest BCUT2D eigenvalue weighted by Gasteiger charge is 2.05. The van der Waals surface area contributed by atoms with Crippen LogP contribution in [-0.2, 0) is 11.2 Å². The normalized spacial score (nSPS) is 10.7. The monoisotopic (exact) mass is 204 g/mol. The second-order valence-electron chi connectivity index (χ2n) is 3.55. The summed E-state index contributed by atoms with van der Waals surface area (Å²) in [6, 6.07) is 3.94. The van der Waals surface area contributed by atoms with E-state index in [1.807, 2.05) is 35.9 Å². The lowest BCUT2D eigenvalue weighted by Gasteiger charge is -1.94. The van der Waals surface area contributed by atoms with Gasteiger partial charge in [-0.2, -0.15) is 0 Å². The summed E-state index contributed by atoms with van der Waals surface area (Å²) < 4.78 is 1.92. The highest BCUT2D eigenvalue weighted by atomic mass is 16.4. The standard InChI is InChI=1S/C11H12N2O2/c1-8-3-2-6-13-7-9(12-11(8)13)4-5-10(14)15/h2-3,6-7H,4-5H2,1H3,(H,14,15). The molecule has 0 fully saturated rings. The van der Waals surface area contributed by atoms with Crippen LogP contribution in [0.25, 0.3) is 5.65 Å². The van der Waals surface area contributed by atoms with Crippen LogP contribution in [0.4, 0.5) is 0 Å². The zero-order valence-electron chi connectivity index (χ0n) is 8.47. The number of fused-ring (bicyclic) bond motifs is 1. The van der Waals surface area contributed by atoms with Gasteiger partial charge in [0.1, 0.15) is 5.65 Å². The smallest absolute Gasteiger partial charge is 0.303 e. The number of carbonyl (C=O) groups is 1. The van der Waals surface area contributed by atoms with Gasteiger partial charge >= 0.3 is 5.97 Å². The summed E-state index contributed by atoms with van der Waals surface area (Å²) in [6.07, 6.45) is 4.41. The zero-order chi connectivity index (χ0) is 10.8. The summed E-state index contributed by atoms with van der Waals surface area (Å²) in [4.78, 5) is 14.8. The minimum absolute atomic E-state index is 0.128. The summed E-state index contributed by atoms with van der Waals surface area (Å²) in [5.74, 6) is -0.788. The van der Waals surface area contributed by atoms with E-state index in [4.69, 9.17) is 5.11 Å². The maximum Gasteiger partial charge on any atom is 0.303 e. The van der Waals surface area contributed by atoms with Gasteiger partial charge < -0.3 is 9.51 Å². The molecule has 0 bridgehead atoms. The first-order valence-corrected chi connectivity index (χ1v) is 4.82. The lowest BCUT2D eigenvalue weighted by Crippen LogP contribution is -1.97. The van der Waals surface area contributed by atoms with E-state index in [1.165, 1.54) is 0 Å². The van der Waals surface area contributed by atoms with Crippen molar-refractivity contribution in [3.05, 3.63) is 35.8 Å². The number of imidazole rings is 1. The van der Waals surface area contributed by atoms with Crippen LogP contribution in [0.3, 0.4) is 0 Å². The number of hydrogen-bond acceptors (Lipinski definition) is 2. The predicted octanol–water partition coefficient (Wildman–Crippen LogP) is 1.66. The molecule has 2 heterocycles. The summed E-state index contributed by atoms with van der Waals surface area (Å²) >= 11 is 0. The Hall–Kier alpha value is -1.84. The Balaban J connectivity index is 2.31. The zero-order valence-corrected chi connectivity index (χ0v) is 8.47.